The first kappa shape index (κ1) is 68.7. The minimum absolute atomic E-state index is 0.0672. The van der Waals surface area contributed by atoms with Gasteiger partial charge in [-0.05, 0) is 75.1 Å². The molecule has 2 aliphatic heterocycles. The number of hydrogen-bond acceptors (Lipinski definition) is 19. The highest BCUT2D eigenvalue weighted by molar-refractivity contribution is 5.96. The molecule has 1 saturated heterocycles. The molecule has 2 heterocycles. The maximum atomic E-state index is 13.3. The number of benzene rings is 1. The molecule has 3 rings (SSSR count). The average molecular weight is 1120 g/mol. The van der Waals surface area contributed by atoms with Crippen LogP contribution < -0.4 is 11.5 Å². The molecular formula is C60H86N2O18. The third-order valence-corrected chi connectivity index (χ3v) is 14.1. The monoisotopic (exact) mass is 1120 g/mol. The van der Waals surface area contributed by atoms with Crippen molar-refractivity contribution in [3.63, 3.8) is 0 Å². The van der Waals surface area contributed by atoms with E-state index in [4.69, 9.17) is 25.7 Å². The number of aliphatic hydroxyl groups excluding tert-OH is 8. The molecular weight excluding hydrogens is 1040 g/mol. The molecule has 0 spiro atoms. The predicted molar refractivity (Wildman–Crippen MR) is 298 cm³/mol. The number of carbonyl (C=O) groups is 6. The Labute approximate surface area is 468 Å². The Morgan fingerprint density at radius 3 is 1.80 bits per heavy atom. The second-order valence-electron chi connectivity index (χ2n) is 21.2. The van der Waals surface area contributed by atoms with Gasteiger partial charge in [0.2, 0.25) is 0 Å². The summed E-state index contributed by atoms with van der Waals surface area (Å²) in [6.07, 6.45) is 5.06. The number of rotatable bonds is 11. The van der Waals surface area contributed by atoms with Crippen molar-refractivity contribution >= 4 is 40.8 Å². The number of ether oxygens (including phenoxy) is 3. The molecule has 1 fully saturated rings. The highest BCUT2D eigenvalue weighted by atomic mass is 16.7. The molecule has 0 saturated carbocycles. The van der Waals surface area contributed by atoms with E-state index in [-0.39, 0.29) is 62.1 Å². The number of cyclic esters (lactones) is 1. The topological polar surface area (TPSA) is 364 Å². The van der Waals surface area contributed by atoms with Crippen molar-refractivity contribution in [3.8, 4) is 0 Å². The molecule has 2 aliphatic rings. The lowest BCUT2D eigenvalue weighted by molar-refractivity contribution is -0.277. The number of carboxylic acids is 1. The van der Waals surface area contributed by atoms with Crippen LogP contribution in [-0.4, -0.2) is 161 Å². The maximum Gasteiger partial charge on any atom is 0.313 e. The van der Waals surface area contributed by atoms with Gasteiger partial charge < -0.3 is 71.6 Å². The van der Waals surface area contributed by atoms with Gasteiger partial charge in [0.15, 0.2) is 12.1 Å². The number of anilines is 1. The molecule has 20 heteroatoms. The summed E-state index contributed by atoms with van der Waals surface area (Å²) < 4.78 is 17.5. The van der Waals surface area contributed by atoms with E-state index in [1.54, 1.807) is 91.1 Å². The first-order valence-corrected chi connectivity index (χ1v) is 27.4. The summed E-state index contributed by atoms with van der Waals surface area (Å²) in [5.74, 6) is -7.13. The average Bonchev–Trinajstić information content (AvgIpc) is 3.37. The summed E-state index contributed by atoms with van der Waals surface area (Å²) in [5.41, 5.74) is 12.8. The van der Waals surface area contributed by atoms with Crippen LogP contribution in [0.15, 0.2) is 109 Å². The zero-order chi connectivity index (χ0) is 59.5. The van der Waals surface area contributed by atoms with Crippen LogP contribution in [0.25, 0.3) is 0 Å². The van der Waals surface area contributed by atoms with Crippen molar-refractivity contribution in [1.82, 2.24) is 0 Å². The van der Waals surface area contributed by atoms with Gasteiger partial charge in [-0.25, -0.2) is 0 Å². The Morgan fingerprint density at radius 2 is 1.23 bits per heavy atom. The van der Waals surface area contributed by atoms with Crippen LogP contribution in [0.5, 0.6) is 0 Å². The summed E-state index contributed by atoms with van der Waals surface area (Å²) in [6.45, 7) is 7.11. The van der Waals surface area contributed by atoms with Gasteiger partial charge in [0.25, 0.3) is 0 Å². The highest BCUT2D eigenvalue weighted by Crippen LogP contribution is 2.29. The highest BCUT2D eigenvalue weighted by Gasteiger charge is 2.43. The Hall–Kier alpha value is -5.62. The summed E-state index contributed by atoms with van der Waals surface area (Å²) >= 11 is 0. The first-order chi connectivity index (χ1) is 37.9. The van der Waals surface area contributed by atoms with Gasteiger partial charge in [-0.3, -0.25) is 28.8 Å². The number of allylic oxidation sites excluding steroid dienone is 12. The molecule has 20 nitrogen and oxygen atoms in total. The van der Waals surface area contributed by atoms with Crippen LogP contribution in [0.3, 0.4) is 0 Å². The van der Waals surface area contributed by atoms with Crippen LogP contribution in [0, 0.1) is 23.7 Å². The fourth-order valence-electron chi connectivity index (χ4n) is 9.57. The van der Waals surface area contributed by atoms with E-state index in [0.29, 0.717) is 17.7 Å². The van der Waals surface area contributed by atoms with Gasteiger partial charge >= 0.3 is 11.9 Å². The van der Waals surface area contributed by atoms with Crippen molar-refractivity contribution in [2.75, 3.05) is 5.73 Å². The quantitative estimate of drug-likeness (QED) is 0.0645. The van der Waals surface area contributed by atoms with Gasteiger partial charge in [0.1, 0.15) is 41.9 Å². The van der Waals surface area contributed by atoms with E-state index >= 15 is 0 Å². The number of carbonyl (C=O) groups excluding carboxylic acids is 5. The molecule has 444 valence electrons. The smallest absolute Gasteiger partial charge is 0.313 e. The zero-order valence-corrected chi connectivity index (χ0v) is 46.3. The van der Waals surface area contributed by atoms with E-state index in [0.717, 1.165) is 0 Å². The molecule has 0 aliphatic carbocycles. The largest absolute Gasteiger partial charge is 0.481 e. The number of aliphatic hydroxyl groups is 8. The molecule has 0 aromatic heterocycles. The zero-order valence-electron chi connectivity index (χ0n) is 46.3. The van der Waals surface area contributed by atoms with Crippen LogP contribution in [0.4, 0.5) is 5.69 Å². The number of hydrogen-bond donors (Lipinski definition) is 11. The number of esters is 1. The van der Waals surface area contributed by atoms with Crippen LogP contribution in [0.2, 0.25) is 0 Å². The van der Waals surface area contributed by atoms with Gasteiger partial charge in [0, 0.05) is 62.1 Å². The van der Waals surface area contributed by atoms with Gasteiger partial charge in [0.05, 0.1) is 61.0 Å². The van der Waals surface area contributed by atoms with E-state index in [2.05, 4.69) is 0 Å². The lowest BCUT2D eigenvalue weighted by Gasteiger charge is -2.41. The Bertz CT molecular complexity index is 2330. The Morgan fingerprint density at radius 1 is 0.688 bits per heavy atom. The van der Waals surface area contributed by atoms with E-state index in [9.17, 15) is 74.7 Å². The van der Waals surface area contributed by atoms with Crippen molar-refractivity contribution in [2.45, 2.75) is 191 Å². The molecule has 1 aromatic carbocycles. The molecule has 0 radical (unpaired) electrons. The minimum Gasteiger partial charge on any atom is -0.481 e. The minimum atomic E-state index is -1.95. The van der Waals surface area contributed by atoms with E-state index < -0.39 is 153 Å². The number of aliphatic carboxylic acids is 1. The number of nitrogen functional groups attached to an aromatic ring is 1. The lowest BCUT2D eigenvalue weighted by Crippen LogP contribution is -2.61. The molecule has 0 amide bonds. The molecule has 17 unspecified atom stereocenters. The molecule has 80 heavy (non-hydrogen) atoms. The predicted octanol–water partition coefficient (Wildman–Crippen LogP) is 4.00. The summed E-state index contributed by atoms with van der Waals surface area (Å²) in [7, 11) is 0. The first-order valence-electron chi connectivity index (χ1n) is 27.4. The van der Waals surface area contributed by atoms with Gasteiger partial charge in [-0.1, -0.05) is 106 Å². The normalized spacial score (nSPS) is 34.4. The second-order valence-corrected chi connectivity index (χ2v) is 21.2. The van der Waals surface area contributed by atoms with E-state index in [1.807, 2.05) is 26.8 Å². The maximum absolute atomic E-state index is 13.3. The second kappa shape index (κ2) is 36.0. The summed E-state index contributed by atoms with van der Waals surface area (Å²) in [5, 5.41) is 96.1. The van der Waals surface area contributed by atoms with Crippen LogP contribution in [0.1, 0.15) is 122 Å². The van der Waals surface area contributed by atoms with Crippen molar-refractivity contribution < 1.29 is 88.9 Å². The summed E-state index contributed by atoms with van der Waals surface area (Å²) in [6, 6.07) is 5.39. The standard InChI is InChI=1S/C60H86N2O18/c1-36-18-15-13-11-9-7-5-6-8-10-12-14-16-21-48(79-60-57(75)55(62)56(74)39(4)78-60)35-52(72)54(59(76)77)51(71)33-47(68)32-46(67)31-45(66)30-44(65)29-42(63)19-17-20-43(64)34-53(73)80-58(36)38(3)28-37(2)49(69)26-27-50(70)40-22-24-41(61)25-23-40/h5-16,18,21-25,36-39,44-46,48-49,51-52,54-58,60,65-67,69,71-72,74-75H,17,19-20,26-35,61-62H2,1-4H3,(H,76,77)/b6-5+,9-7+,10-8+,13-11+,14-12+,18-15+,21-16+. The van der Waals surface area contributed by atoms with Gasteiger partial charge in [-0.2, -0.15) is 0 Å². The molecule has 1 aromatic rings. The van der Waals surface area contributed by atoms with Crippen molar-refractivity contribution in [2.24, 2.45) is 29.4 Å². The van der Waals surface area contributed by atoms with Crippen molar-refractivity contribution in [3.05, 3.63) is 115 Å². The van der Waals surface area contributed by atoms with Crippen molar-refractivity contribution in [1.29, 1.82) is 0 Å². The summed E-state index contributed by atoms with van der Waals surface area (Å²) in [4.78, 5) is 77.2. The van der Waals surface area contributed by atoms with E-state index in [1.165, 1.54) is 19.1 Å². The fraction of sp³-hybridized carbons (Fsp3) is 0.567. The number of Topliss-reactive ketones (excluding diaryl/α,β-unsaturated/α-hetero) is 4. The SMILES string of the molecule is CC1/C=C/C=C/C=C/C=C/C=C/C=C/C=C/C(OC2OC(C)C(O)C(N)C2O)CC(O)C(C(=O)O)C(O)CC(=O)CC(O)CC(O)CC(O)CC(=O)CCCC(=O)CC(=O)OC1C(C)CC(C)C(O)CCC(=O)c1ccc(N)cc1. The molecule has 0 bridgehead atoms. The number of ketones is 4. The Kier molecular flexibility index (Phi) is 30.9. The van der Waals surface area contributed by atoms with Gasteiger partial charge in [-0.15, -0.1) is 0 Å². The fourth-order valence-corrected chi connectivity index (χ4v) is 9.57. The molecule has 17 atom stereocenters. The number of carboxylic acid groups (broad SMARTS) is 1. The third kappa shape index (κ3) is 25.4. The van der Waals surface area contributed by atoms with Crippen LogP contribution in [-0.2, 0) is 38.2 Å². The number of nitrogens with two attached hydrogens (primary N) is 2. The third-order valence-electron chi connectivity index (χ3n) is 14.1. The Balaban J connectivity index is 1.81. The van der Waals surface area contributed by atoms with Crippen LogP contribution >= 0.6 is 0 Å². The lowest BCUT2D eigenvalue weighted by atomic mass is 9.83. The molecule has 13 N–H and O–H groups in total.